The summed E-state index contributed by atoms with van der Waals surface area (Å²) in [6, 6.07) is 7.69. The third-order valence-electron chi connectivity index (χ3n) is 4.30. The van der Waals surface area contributed by atoms with E-state index < -0.39 is 24.2 Å². The molecule has 1 heterocycles. The number of carbonyl (C=O) groups is 1. The van der Waals surface area contributed by atoms with E-state index in [1.807, 2.05) is 0 Å². The average molecular weight is 433 g/mol. The summed E-state index contributed by atoms with van der Waals surface area (Å²) in [4.78, 5) is 16.5. The lowest BCUT2D eigenvalue weighted by atomic mass is 9.86. The number of methoxy groups -OCH3 is 1. The van der Waals surface area contributed by atoms with E-state index in [0.29, 0.717) is 0 Å². The zero-order valence-corrected chi connectivity index (χ0v) is 15.8. The predicted octanol–water partition coefficient (Wildman–Crippen LogP) is 4.94. The highest BCUT2D eigenvalue weighted by Crippen LogP contribution is 2.49. The Morgan fingerprint density at radius 2 is 1.86 bits per heavy atom. The van der Waals surface area contributed by atoms with E-state index in [1.165, 1.54) is 31.4 Å². The first-order valence-corrected chi connectivity index (χ1v) is 8.59. The Labute approximate surface area is 167 Å². The minimum Gasteiger partial charge on any atom is -0.465 e. The maximum Gasteiger partial charge on any atom is 0.435 e. The van der Waals surface area contributed by atoms with Crippen LogP contribution in [0.4, 0.5) is 18.9 Å². The second-order valence-electron chi connectivity index (χ2n) is 6.08. The highest BCUT2D eigenvalue weighted by Gasteiger charge is 2.62. The number of nitrogen functional groups attached to an aromatic ring is 1. The van der Waals surface area contributed by atoms with Crippen LogP contribution in [0.15, 0.2) is 41.6 Å². The first-order chi connectivity index (χ1) is 13.1. The van der Waals surface area contributed by atoms with Crippen molar-refractivity contribution in [3.63, 3.8) is 0 Å². The zero-order valence-electron chi connectivity index (χ0n) is 14.3. The van der Waals surface area contributed by atoms with E-state index in [4.69, 9.17) is 33.8 Å². The third-order valence-corrected chi connectivity index (χ3v) is 4.74. The fourth-order valence-electron chi connectivity index (χ4n) is 2.88. The van der Waals surface area contributed by atoms with Gasteiger partial charge in [0.15, 0.2) is 0 Å². The fraction of sp³-hybridized carbons (Fsp3) is 0.222. The number of benzene rings is 2. The number of oxime groups is 1. The first-order valence-electron chi connectivity index (χ1n) is 7.84. The molecule has 1 unspecified atom stereocenters. The van der Waals surface area contributed by atoms with Gasteiger partial charge in [-0.05, 0) is 30.3 Å². The molecule has 1 atom stereocenters. The summed E-state index contributed by atoms with van der Waals surface area (Å²) < 4.78 is 46.5. The van der Waals surface area contributed by atoms with Crippen molar-refractivity contribution >= 4 is 40.6 Å². The van der Waals surface area contributed by atoms with Gasteiger partial charge >= 0.3 is 12.1 Å². The van der Waals surface area contributed by atoms with E-state index in [1.54, 1.807) is 0 Å². The highest BCUT2D eigenvalue weighted by molar-refractivity contribution is 6.34. The standard InChI is InChI=1S/C18H13Cl2F3N2O3/c1-27-16(26)13-3-2-9(4-14(13)24)15-8-17(28-25-15,18(21,22)23)10-5-11(19)7-12(20)6-10/h2-7H,8,24H2,1H3. The van der Waals surface area contributed by atoms with Crippen LogP contribution in [0.2, 0.25) is 10.0 Å². The van der Waals surface area contributed by atoms with Crippen LogP contribution in [-0.4, -0.2) is 25.0 Å². The van der Waals surface area contributed by atoms with Crippen LogP contribution in [0.3, 0.4) is 0 Å². The van der Waals surface area contributed by atoms with Crippen molar-refractivity contribution in [1.82, 2.24) is 0 Å². The lowest BCUT2D eigenvalue weighted by Gasteiger charge is -2.29. The van der Waals surface area contributed by atoms with Crippen LogP contribution in [0.25, 0.3) is 0 Å². The molecule has 1 aliphatic rings. The van der Waals surface area contributed by atoms with Crippen molar-refractivity contribution < 1.29 is 27.5 Å². The lowest BCUT2D eigenvalue weighted by molar-refractivity contribution is -0.275. The summed E-state index contributed by atoms with van der Waals surface area (Å²) in [6.45, 7) is 0. The SMILES string of the molecule is COC(=O)c1ccc(C2=NOC(c3cc(Cl)cc(Cl)c3)(C(F)(F)F)C2)cc1N. The Kier molecular flexibility index (Phi) is 5.20. The minimum absolute atomic E-state index is 0.0107. The summed E-state index contributed by atoms with van der Waals surface area (Å²) in [5, 5.41) is 3.71. The molecule has 0 aromatic heterocycles. The Hall–Kier alpha value is -2.45. The Balaban J connectivity index is 2.00. The van der Waals surface area contributed by atoms with Crippen LogP contribution in [0.1, 0.15) is 27.9 Å². The summed E-state index contributed by atoms with van der Waals surface area (Å²) >= 11 is 11.7. The van der Waals surface area contributed by atoms with E-state index in [-0.39, 0.29) is 38.1 Å². The molecule has 0 radical (unpaired) electrons. The van der Waals surface area contributed by atoms with Crippen LogP contribution < -0.4 is 5.73 Å². The number of carbonyl (C=O) groups excluding carboxylic acids is 1. The Bertz CT molecular complexity index is 959. The molecule has 0 spiro atoms. The number of rotatable bonds is 3. The van der Waals surface area contributed by atoms with Gasteiger partial charge in [-0.1, -0.05) is 34.4 Å². The molecule has 5 nitrogen and oxygen atoms in total. The number of halogens is 5. The quantitative estimate of drug-likeness (QED) is 0.550. The molecule has 0 fully saturated rings. The van der Waals surface area contributed by atoms with Gasteiger partial charge in [-0.15, -0.1) is 0 Å². The molecule has 0 bridgehead atoms. The van der Waals surface area contributed by atoms with Gasteiger partial charge in [0.25, 0.3) is 5.60 Å². The van der Waals surface area contributed by atoms with Crippen molar-refractivity contribution in [1.29, 1.82) is 0 Å². The minimum atomic E-state index is -4.80. The fourth-order valence-corrected chi connectivity index (χ4v) is 3.41. The summed E-state index contributed by atoms with van der Waals surface area (Å²) in [5.74, 6) is -0.660. The lowest BCUT2D eigenvalue weighted by Crippen LogP contribution is -2.42. The Morgan fingerprint density at radius 1 is 1.21 bits per heavy atom. The predicted molar refractivity (Wildman–Crippen MR) is 98.6 cm³/mol. The molecule has 3 rings (SSSR count). The molecule has 1 aliphatic heterocycles. The molecule has 28 heavy (non-hydrogen) atoms. The topological polar surface area (TPSA) is 73.9 Å². The molecule has 148 valence electrons. The van der Waals surface area contributed by atoms with Crippen molar-refractivity contribution in [2.45, 2.75) is 18.2 Å². The van der Waals surface area contributed by atoms with Gasteiger partial charge in [0, 0.05) is 33.3 Å². The molecule has 2 N–H and O–H groups in total. The van der Waals surface area contributed by atoms with Gasteiger partial charge in [0.1, 0.15) is 0 Å². The normalized spacial score (nSPS) is 19.1. The number of ether oxygens (including phenoxy) is 1. The Morgan fingerprint density at radius 3 is 2.39 bits per heavy atom. The number of alkyl halides is 3. The van der Waals surface area contributed by atoms with Gasteiger partial charge in [0.05, 0.1) is 18.4 Å². The number of hydrogen-bond acceptors (Lipinski definition) is 5. The summed E-state index contributed by atoms with van der Waals surface area (Å²) in [7, 11) is 1.19. The van der Waals surface area contributed by atoms with E-state index in [0.717, 1.165) is 12.1 Å². The van der Waals surface area contributed by atoms with Crippen LogP contribution >= 0.6 is 23.2 Å². The van der Waals surface area contributed by atoms with E-state index >= 15 is 0 Å². The molecular formula is C18H13Cl2F3N2O3. The maximum absolute atomic E-state index is 14.0. The zero-order chi connectivity index (χ0) is 20.7. The molecule has 10 heteroatoms. The van der Waals surface area contributed by atoms with E-state index in [2.05, 4.69) is 9.89 Å². The highest BCUT2D eigenvalue weighted by atomic mass is 35.5. The number of anilines is 1. The van der Waals surface area contributed by atoms with Crippen LogP contribution in [0, 0.1) is 0 Å². The van der Waals surface area contributed by atoms with Gasteiger partial charge in [-0.3, -0.25) is 0 Å². The summed E-state index contributed by atoms with van der Waals surface area (Å²) in [5.41, 5.74) is 3.23. The monoisotopic (exact) mass is 432 g/mol. The van der Waals surface area contributed by atoms with Crippen LogP contribution in [0.5, 0.6) is 0 Å². The molecule has 2 aromatic carbocycles. The average Bonchev–Trinajstić information content (AvgIpc) is 3.07. The van der Waals surface area contributed by atoms with E-state index in [9.17, 15) is 18.0 Å². The molecule has 0 saturated heterocycles. The largest absolute Gasteiger partial charge is 0.465 e. The van der Waals surface area contributed by atoms with Crippen LogP contribution in [-0.2, 0) is 15.2 Å². The van der Waals surface area contributed by atoms with Gasteiger partial charge in [-0.25, -0.2) is 4.79 Å². The smallest absolute Gasteiger partial charge is 0.435 e. The van der Waals surface area contributed by atoms with Crippen molar-refractivity contribution in [3.05, 3.63) is 63.1 Å². The van der Waals surface area contributed by atoms with Gasteiger partial charge in [-0.2, -0.15) is 13.2 Å². The number of esters is 1. The maximum atomic E-state index is 14.0. The molecule has 0 amide bonds. The molecule has 0 saturated carbocycles. The number of nitrogens with zero attached hydrogens (tertiary/aromatic N) is 1. The number of nitrogens with two attached hydrogens (primary N) is 1. The number of hydrogen-bond donors (Lipinski definition) is 1. The van der Waals surface area contributed by atoms with Gasteiger partial charge < -0.3 is 15.3 Å². The van der Waals surface area contributed by atoms with Crippen molar-refractivity contribution in [2.75, 3.05) is 12.8 Å². The third kappa shape index (κ3) is 3.49. The second-order valence-corrected chi connectivity index (χ2v) is 6.96. The summed E-state index contributed by atoms with van der Waals surface area (Å²) in [6.07, 6.45) is -5.42. The van der Waals surface area contributed by atoms with Crippen molar-refractivity contribution in [2.24, 2.45) is 5.16 Å². The molecule has 0 aliphatic carbocycles. The first kappa shape index (κ1) is 20.3. The molecule has 2 aromatic rings. The molecular weight excluding hydrogens is 420 g/mol. The second kappa shape index (κ2) is 7.18. The van der Waals surface area contributed by atoms with Crippen molar-refractivity contribution in [3.8, 4) is 0 Å². The van der Waals surface area contributed by atoms with Gasteiger partial charge in [0.2, 0.25) is 0 Å².